The van der Waals surface area contributed by atoms with Crippen molar-refractivity contribution in [1.29, 1.82) is 0 Å². The van der Waals surface area contributed by atoms with E-state index in [1.807, 2.05) is 6.07 Å². The van der Waals surface area contributed by atoms with Crippen molar-refractivity contribution in [3.63, 3.8) is 0 Å². The molecule has 0 aliphatic carbocycles. The van der Waals surface area contributed by atoms with Crippen molar-refractivity contribution in [2.24, 2.45) is 0 Å². The maximum atomic E-state index is 13.1. The highest BCUT2D eigenvalue weighted by molar-refractivity contribution is 7.15. The molecule has 1 aromatic heterocycles. The summed E-state index contributed by atoms with van der Waals surface area (Å²) in [6, 6.07) is 6.65. The van der Waals surface area contributed by atoms with Gasteiger partial charge >= 0.3 is 0 Å². The third-order valence-electron chi connectivity index (χ3n) is 2.54. The molecule has 1 aromatic carbocycles. The van der Waals surface area contributed by atoms with E-state index in [-0.39, 0.29) is 5.82 Å². The molecule has 0 spiro atoms. The van der Waals surface area contributed by atoms with Crippen LogP contribution >= 0.6 is 11.3 Å². The van der Waals surface area contributed by atoms with Crippen LogP contribution < -0.4 is 5.73 Å². The SMILES string of the molecule is CC(C)c1nc(N)sc1Cc1cccc(F)c1. The molecule has 2 aromatic rings. The summed E-state index contributed by atoms with van der Waals surface area (Å²) in [5.41, 5.74) is 7.71. The van der Waals surface area contributed by atoms with Gasteiger partial charge in [0.05, 0.1) is 5.69 Å². The van der Waals surface area contributed by atoms with Gasteiger partial charge in [0.25, 0.3) is 0 Å². The number of anilines is 1. The van der Waals surface area contributed by atoms with Crippen molar-refractivity contribution >= 4 is 16.5 Å². The second-order valence-corrected chi connectivity index (χ2v) is 5.44. The van der Waals surface area contributed by atoms with E-state index >= 15 is 0 Å². The molecule has 0 bridgehead atoms. The minimum atomic E-state index is -0.203. The van der Waals surface area contributed by atoms with Gasteiger partial charge in [0.15, 0.2) is 5.13 Å². The van der Waals surface area contributed by atoms with Crippen molar-refractivity contribution in [2.45, 2.75) is 26.2 Å². The maximum Gasteiger partial charge on any atom is 0.180 e. The molecular weight excluding hydrogens is 235 g/mol. The molecule has 2 nitrogen and oxygen atoms in total. The van der Waals surface area contributed by atoms with Crippen LogP contribution in [-0.2, 0) is 6.42 Å². The minimum Gasteiger partial charge on any atom is -0.375 e. The Balaban J connectivity index is 2.29. The summed E-state index contributed by atoms with van der Waals surface area (Å²) in [5, 5.41) is 0.583. The number of hydrogen-bond acceptors (Lipinski definition) is 3. The summed E-state index contributed by atoms with van der Waals surface area (Å²) >= 11 is 1.49. The van der Waals surface area contributed by atoms with Crippen molar-refractivity contribution in [1.82, 2.24) is 4.98 Å². The number of halogens is 1. The highest BCUT2D eigenvalue weighted by atomic mass is 32.1. The lowest BCUT2D eigenvalue weighted by molar-refractivity contribution is 0.626. The summed E-state index contributed by atoms with van der Waals surface area (Å²) in [7, 11) is 0. The van der Waals surface area contributed by atoms with Crippen LogP contribution in [0.2, 0.25) is 0 Å². The molecule has 90 valence electrons. The monoisotopic (exact) mass is 250 g/mol. The summed E-state index contributed by atoms with van der Waals surface area (Å²) in [6.45, 7) is 4.17. The first kappa shape index (κ1) is 12.0. The standard InChI is InChI=1S/C13H15FN2S/c1-8(2)12-11(17-13(15)16-12)7-9-4-3-5-10(14)6-9/h3-6,8H,7H2,1-2H3,(H2,15,16). The summed E-state index contributed by atoms with van der Waals surface area (Å²) in [5.74, 6) is 0.137. The molecule has 2 rings (SSSR count). The Hall–Kier alpha value is -1.42. The number of benzene rings is 1. The van der Waals surface area contributed by atoms with Crippen LogP contribution in [0.3, 0.4) is 0 Å². The second-order valence-electron chi connectivity index (χ2n) is 4.32. The van der Waals surface area contributed by atoms with Gasteiger partial charge in [-0.1, -0.05) is 26.0 Å². The first-order valence-corrected chi connectivity index (χ1v) is 6.37. The first-order chi connectivity index (χ1) is 8.06. The molecule has 17 heavy (non-hydrogen) atoms. The van der Waals surface area contributed by atoms with Crippen LogP contribution in [0.15, 0.2) is 24.3 Å². The molecule has 0 saturated carbocycles. The van der Waals surface area contributed by atoms with Crippen LogP contribution in [0.1, 0.15) is 35.9 Å². The number of nitrogens with zero attached hydrogens (tertiary/aromatic N) is 1. The van der Waals surface area contributed by atoms with Crippen LogP contribution in [0.5, 0.6) is 0 Å². The maximum absolute atomic E-state index is 13.1. The largest absolute Gasteiger partial charge is 0.375 e. The lowest BCUT2D eigenvalue weighted by Crippen LogP contribution is -1.95. The third kappa shape index (κ3) is 2.82. The molecule has 0 amide bonds. The quantitative estimate of drug-likeness (QED) is 0.904. The highest BCUT2D eigenvalue weighted by Crippen LogP contribution is 2.28. The minimum absolute atomic E-state index is 0.203. The number of nitrogen functional groups attached to an aromatic ring is 1. The zero-order chi connectivity index (χ0) is 12.4. The molecule has 2 N–H and O–H groups in total. The van der Waals surface area contributed by atoms with E-state index in [0.717, 1.165) is 16.1 Å². The fourth-order valence-corrected chi connectivity index (χ4v) is 2.81. The summed E-state index contributed by atoms with van der Waals surface area (Å²) < 4.78 is 13.1. The molecule has 0 aliphatic rings. The average molecular weight is 250 g/mol. The average Bonchev–Trinajstić information content (AvgIpc) is 2.59. The van der Waals surface area contributed by atoms with Crippen LogP contribution in [0.4, 0.5) is 9.52 Å². The number of thiazole rings is 1. The van der Waals surface area contributed by atoms with E-state index in [1.165, 1.54) is 17.4 Å². The fraction of sp³-hybridized carbons (Fsp3) is 0.308. The van der Waals surface area contributed by atoms with Gasteiger partial charge in [-0.15, -0.1) is 11.3 Å². The third-order valence-corrected chi connectivity index (χ3v) is 3.44. The van der Waals surface area contributed by atoms with Gasteiger partial charge in [-0.05, 0) is 23.6 Å². The van der Waals surface area contributed by atoms with Crippen LogP contribution in [0, 0.1) is 5.82 Å². The van der Waals surface area contributed by atoms with Gasteiger partial charge in [-0.25, -0.2) is 9.37 Å². The van der Waals surface area contributed by atoms with Gasteiger partial charge in [-0.2, -0.15) is 0 Å². The first-order valence-electron chi connectivity index (χ1n) is 5.55. The molecule has 4 heteroatoms. The molecule has 0 aliphatic heterocycles. The number of nitrogens with two attached hydrogens (primary N) is 1. The molecule has 1 heterocycles. The molecule has 0 radical (unpaired) electrons. The Bertz CT molecular complexity index is 520. The summed E-state index contributed by atoms with van der Waals surface area (Å²) in [4.78, 5) is 5.46. The Morgan fingerprint density at radius 3 is 2.82 bits per heavy atom. The van der Waals surface area contributed by atoms with Crippen molar-refractivity contribution in [3.05, 3.63) is 46.2 Å². The Labute approximate surface area is 104 Å². The number of aromatic nitrogens is 1. The zero-order valence-corrected chi connectivity index (χ0v) is 10.7. The van der Waals surface area contributed by atoms with E-state index in [0.29, 0.717) is 17.5 Å². The van der Waals surface area contributed by atoms with E-state index in [4.69, 9.17) is 5.73 Å². The molecular formula is C13H15FN2S. The number of hydrogen-bond donors (Lipinski definition) is 1. The molecule has 0 fully saturated rings. The van der Waals surface area contributed by atoms with E-state index in [1.54, 1.807) is 12.1 Å². The second kappa shape index (κ2) is 4.84. The molecule has 0 atom stereocenters. The lowest BCUT2D eigenvalue weighted by Gasteiger charge is -2.05. The Morgan fingerprint density at radius 2 is 2.18 bits per heavy atom. The summed E-state index contributed by atoms with van der Waals surface area (Å²) in [6.07, 6.45) is 0.695. The Morgan fingerprint density at radius 1 is 1.41 bits per heavy atom. The molecule has 0 unspecified atom stereocenters. The van der Waals surface area contributed by atoms with E-state index < -0.39 is 0 Å². The lowest BCUT2D eigenvalue weighted by atomic mass is 10.0. The van der Waals surface area contributed by atoms with Gasteiger partial charge in [0.1, 0.15) is 5.82 Å². The van der Waals surface area contributed by atoms with Gasteiger partial charge in [0, 0.05) is 11.3 Å². The predicted molar refractivity (Wildman–Crippen MR) is 69.8 cm³/mol. The Kier molecular flexibility index (Phi) is 3.43. The van der Waals surface area contributed by atoms with Crippen molar-refractivity contribution in [3.8, 4) is 0 Å². The zero-order valence-electron chi connectivity index (χ0n) is 9.90. The molecule has 0 saturated heterocycles. The van der Waals surface area contributed by atoms with Crippen molar-refractivity contribution in [2.75, 3.05) is 5.73 Å². The van der Waals surface area contributed by atoms with Crippen LogP contribution in [-0.4, -0.2) is 4.98 Å². The number of rotatable bonds is 3. The van der Waals surface area contributed by atoms with E-state index in [2.05, 4.69) is 18.8 Å². The fourth-order valence-electron chi connectivity index (χ4n) is 1.79. The van der Waals surface area contributed by atoms with Crippen molar-refractivity contribution < 1.29 is 4.39 Å². The van der Waals surface area contributed by atoms with Crippen LogP contribution in [0.25, 0.3) is 0 Å². The van der Waals surface area contributed by atoms with Gasteiger partial charge < -0.3 is 5.73 Å². The van der Waals surface area contributed by atoms with E-state index in [9.17, 15) is 4.39 Å². The normalized spacial score (nSPS) is 11.1. The smallest absolute Gasteiger partial charge is 0.180 e. The van der Waals surface area contributed by atoms with Gasteiger partial charge in [0.2, 0.25) is 0 Å². The predicted octanol–water partition coefficient (Wildman–Crippen LogP) is 3.58. The highest BCUT2D eigenvalue weighted by Gasteiger charge is 2.13. The topological polar surface area (TPSA) is 38.9 Å². The van der Waals surface area contributed by atoms with Gasteiger partial charge in [-0.3, -0.25) is 0 Å².